The van der Waals surface area contributed by atoms with Gasteiger partial charge in [-0.25, -0.2) is 4.98 Å². The van der Waals surface area contributed by atoms with Gasteiger partial charge in [0.05, 0.1) is 25.8 Å². The van der Waals surface area contributed by atoms with Gasteiger partial charge in [0.25, 0.3) is 0 Å². The lowest BCUT2D eigenvalue weighted by Gasteiger charge is -2.28. The van der Waals surface area contributed by atoms with E-state index in [0.717, 1.165) is 18.5 Å². The molecule has 0 saturated carbocycles. The zero-order chi connectivity index (χ0) is 19.5. The molecule has 0 aliphatic carbocycles. The maximum absolute atomic E-state index is 12.6. The molecule has 0 bridgehead atoms. The van der Waals surface area contributed by atoms with E-state index in [1.807, 2.05) is 43.3 Å². The molecule has 1 aliphatic heterocycles. The van der Waals surface area contributed by atoms with Gasteiger partial charge in [0.15, 0.2) is 11.4 Å². The van der Waals surface area contributed by atoms with Crippen molar-refractivity contribution in [2.75, 3.05) is 55.5 Å². The second-order valence-electron chi connectivity index (χ2n) is 6.75. The molecule has 1 aromatic carbocycles. The number of benzene rings is 1. The van der Waals surface area contributed by atoms with E-state index in [2.05, 4.69) is 25.3 Å². The normalized spacial score (nSPS) is 14.3. The van der Waals surface area contributed by atoms with Gasteiger partial charge >= 0.3 is 0 Å². The molecule has 0 radical (unpaired) electrons. The van der Waals surface area contributed by atoms with Crippen LogP contribution in [0.1, 0.15) is 5.69 Å². The van der Waals surface area contributed by atoms with Crippen LogP contribution in [0.15, 0.2) is 35.0 Å². The largest absolute Gasteiger partial charge is 0.378 e. The van der Waals surface area contributed by atoms with Crippen LogP contribution in [0.5, 0.6) is 0 Å². The molecule has 0 spiro atoms. The molecule has 9 heteroatoms. The van der Waals surface area contributed by atoms with Gasteiger partial charge in [0, 0.05) is 32.6 Å². The number of morpholine rings is 1. The van der Waals surface area contributed by atoms with Gasteiger partial charge in [0.2, 0.25) is 11.9 Å². The fourth-order valence-corrected chi connectivity index (χ4v) is 3.12. The Morgan fingerprint density at radius 2 is 2.04 bits per heavy atom. The van der Waals surface area contributed by atoms with Gasteiger partial charge in [-0.2, -0.15) is 4.98 Å². The van der Waals surface area contributed by atoms with Crippen LogP contribution in [0.25, 0.3) is 11.0 Å². The minimum absolute atomic E-state index is 0.106. The SMILES string of the molecule is CN(C)c1nc(N2CCOCC2)ncc1NC(=O)Cc1noc2ccccc12. The summed E-state index contributed by atoms with van der Waals surface area (Å²) in [5.41, 5.74) is 1.82. The number of anilines is 3. The molecule has 1 aliphatic rings. The van der Waals surface area contributed by atoms with E-state index in [0.29, 0.717) is 41.9 Å². The zero-order valence-corrected chi connectivity index (χ0v) is 15.9. The molecule has 0 atom stereocenters. The third-order valence-corrected chi connectivity index (χ3v) is 4.53. The predicted molar refractivity (Wildman–Crippen MR) is 106 cm³/mol. The highest BCUT2D eigenvalue weighted by molar-refractivity contribution is 5.96. The van der Waals surface area contributed by atoms with E-state index in [1.54, 1.807) is 6.20 Å². The summed E-state index contributed by atoms with van der Waals surface area (Å²) in [6.45, 7) is 2.81. The van der Waals surface area contributed by atoms with Crippen LogP contribution in [0.2, 0.25) is 0 Å². The Hall–Kier alpha value is -3.20. The highest BCUT2D eigenvalue weighted by Crippen LogP contribution is 2.25. The van der Waals surface area contributed by atoms with E-state index in [4.69, 9.17) is 9.26 Å². The monoisotopic (exact) mass is 382 g/mol. The van der Waals surface area contributed by atoms with E-state index >= 15 is 0 Å². The molecule has 2 aromatic heterocycles. The van der Waals surface area contributed by atoms with E-state index in [1.165, 1.54) is 0 Å². The van der Waals surface area contributed by atoms with Crippen molar-refractivity contribution in [3.63, 3.8) is 0 Å². The molecule has 1 amide bonds. The van der Waals surface area contributed by atoms with Crippen molar-refractivity contribution in [1.82, 2.24) is 15.1 Å². The number of para-hydroxylation sites is 1. The van der Waals surface area contributed by atoms with Crippen molar-refractivity contribution in [1.29, 1.82) is 0 Å². The first-order valence-corrected chi connectivity index (χ1v) is 9.12. The van der Waals surface area contributed by atoms with Gasteiger partial charge in [-0.3, -0.25) is 4.79 Å². The second-order valence-corrected chi connectivity index (χ2v) is 6.75. The van der Waals surface area contributed by atoms with Crippen LogP contribution in [0, 0.1) is 0 Å². The molecule has 4 rings (SSSR count). The Kier molecular flexibility index (Phi) is 5.07. The van der Waals surface area contributed by atoms with Gasteiger partial charge in [0.1, 0.15) is 11.4 Å². The smallest absolute Gasteiger partial charge is 0.230 e. The number of fused-ring (bicyclic) bond motifs is 1. The molecule has 3 heterocycles. The van der Waals surface area contributed by atoms with Crippen molar-refractivity contribution < 1.29 is 14.1 Å². The number of hydrogen-bond acceptors (Lipinski definition) is 8. The first-order chi connectivity index (χ1) is 13.6. The molecule has 1 fully saturated rings. The Morgan fingerprint density at radius 1 is 1.25 bits per heavy atom. The molecular weight excluding hydrogens is 360 g/mol. The Morgan fingerprint density at radius 3 is 2.82 bits per heavy atom. The molecule has 9 nitrogen and oxygen atoms in total. The Balaban J connectivity index is 1.52. The van der Waals surface area contributed by atoms with Crippen LogP contribution in [-0.4, -0.2) is 61.4 Å². The van der Waals surface area contributed by atoms with Gasteiger partial charge in [-0.1, -0.05) is 17.3 Å². The number of carbonyl (C=O) groups is 1. The summed E-state index contributed by atoms with van der Waals surface area (Å²) in [6, 6.07) is 7.48. The van der Waals surface area contributed by atoms with Crippen LogP contribution in [0.4, 0.5) is 17.5 Å². The summed E-state index contributed by atoms with van der Waals surface area (Å²) in [7, 11) is 3.76. The van der Waals surface area contributed by atoms with Crippen molar-refractivity contribution in [2.45, 2.75) is 6.42 Å². The van der Waals surface area contributed by atoms with E-state index < -0.39 is 0 Å². The average molecular weight is 382 g/mol. The van der Waals surface area contributed by atoms with Gasteiger partial charge < -0.3 is 24.4 Å². The topological polar surface area (TPSA) is 96.6 Å². The number of aromatic nitrogens is 3. The summed E-state index contributed by atoms with van der Waals surface area (Å²) in [4.78, 5) is 25.6. The first-order valence-electron chi connectivity index (χ1n) is 9.12. The summed E-state index contributed by atoms with van der Waals surface area (Å²) < 4.78 is 10.6. The molecule has 0 unspecified atom stereocenters. The maximum Gasteiger partial charge on any atom is 0.230 e. The third-order valence-electron chi connectivity index (χ3n) is 4.53. The first kappa shape index (κ1) is 18.2. The van der Waals surface area contributed by atoms with E-state index in [9.17, 15) is 4.79 Å². The van der Waals surface area contributed by atoms with Crippen molar-refractivity contribution in [2.24, 2.45) is 0 Å². The number of hydrogen-bond donors (Lipinski definition) is 1. The zero-order valence-electron chi connectivity index (χ0n) is 15.9. The number of nitrogens with one attached hydrogen (secondary N) is 1. The quantitative estimate of drug-likeness (QED) is 0.712. The van der Waals surface area contributed by atoms with Gasteiger partial charge in [-0.05, 0) is 12.1 Å². The molecule has 3 aromatic rings. The van der Waals surface area contributed by atoms with Crippen LogP contribution < -0.4 is 15.1 Å². The van der Waals surface area contributed by atoms with Gasteiger partial charge in [-0.15, -0.1) is 0 Å². The highest BCUT2D eigenvalue weighted by Gasteiger charge is 2.19. The lowest BCUT2D eigenvalue weighted by molar-refractivity contribution is -0.115. The summed E-state index contributed by atoms with van der Waals surface area (Å²) >= 11 is 0. The summed E-state index contributed by atoms with van der Waals surface area (Å²) in [5, 5.41) is 7.75. The third kappa shape index (κ3) is 3.74. The molecule has 1 saturated heterocycles. The standard InChI is InChI=1S/C19H22N6O3/c1-24(2)18-15(12-20-19(22-18)25-7-9-27-10-8-25)21-17(26)11-14-13-5-3-4-6-16(13)28-23-14/h3-6,12H,7-11H2,1-2H3,(H,21,26). The van der Waals surface area contributed by atoms with Crippen molar-refractivity contribution in [3.05, 3.63) is 36.2 Å². The maximum atomic E-state index is 12.6. The lowest BCUT2D eigenvalue weighted by atomic mass is 10.1. The Labute approximate surface area is 162 Å². The predicted octanol–water partition coefficient (Wildman–Crippen LogP) is 1.70. The number of rotatable bonds is 5. The molecule has 146 valence electrons. The van der Waals surface area contributed by atoms with Crippen molar-refractivity contribution in [3.8, 4) is 0 Å². The summed E-state index contributed by atoms with van der Waals surface area (Å²) in [5.74, 6) is 1.08. The molecule has 28 heavy (non-hydrogen) atoms. The number of nitrogens with zero attached hydrogens (tertiary/aromatic N) is 5. The second kappa shape index (κ2) is 7.81. The molecular formula is C19H22N6O3. The fraction of sp³-hybridized carbons (Fsp3) is 0.368. The lowest BCUT2D eigenvalue weighted by Crippen LogP contribution is -2.37. The minimum Gasteiger partial charge on any atom is -0.378 e. The van der Waals surface area contributed by atoms with E-state index in [-0.39, 0.29) is 12.3 Å². The highest BCUT2D eigenvalue weighted by atomic mass is 16.5. The average Bonchev–Trinajstić information content (AvgIpc) is 3.11. The number of ether oxygens (including phenoxy) is 1. The molecule has 1 N–H and O–H groups in total. The number of carbonyl (C=O) groups excluding carboxylic acids is 1. The van der Waals surface area contributed by atoms with Crippen molar-refractivity contribution >= 4 is 34.3 Å². The number of amides is 1. The summed E-state index contributed by atoms with van der Waals surface area (Å²) in [6.07, 6.45) is 1.75. The Bertz CT molecular complexity index is 981. The van der Waals surface area contributed by atoms with Crippen LogP contribution in [0.3, 0.4) is 0 Å². The minimum atomic E-state index is -0.204. The van der Waals surface area contributed by atoms with Crippen LogP contribution >= 0.6 is 0 Å². The van der Waals surface area contributed by atoms with Crippen LogP contribution in [-0.2, 0) is 16.0 Å². The fourth-order valence-electron chi connectivity index (χ4n) is 3.12.